The highest BCUT2D eigenvalue weighted by atomic mass is 79.9. The summed E-state index contributed by atoms with van der Waals surface area (Å²) in [5.41, 5.74) is 2.80. The summed E-state index contributed by atoms with van der Waals surface area (Å²) in [6.07, 6.45) is 0.293. The van der Waals surface area contributed by atoms with Crippen LogP contribution >= 0.6 is 15.9 Å². The number of benzene rings is 2. The highest BCUT2D eigenvalue weighted by Crippen LogP contribution is 2.17. The van der Waals surface area contributed by atoms with Gasteiger partial charge < -0.3 is 5.11 Å². The number of aliphatic hydroxyl groups is 1. The van der Waals surface area contributed by atoms with E-state index in [4.69, 9.17) is 0 Å². The molecule has 1 unspecified atom stereocenters. The maximum Gasteiger partial charge on any atom is 0.127 e. The Bertz CT molecular complexity index is 551. The van der Waals surface area contributed by atoms with Crippen LogP contribution in [0.4, 0.5) is 4.39 Å². The maximum absolute atomic E-state index is 13.7. The van der Waals surface area contributed by atoms with Gasteiger partial charge in [-0.05, 0) is 36.6 Å². The van der Waals surface area contributed by atoms with Gasteiger partial charge in [-0.1, -0.05) is 51.8 Å². The van der Waals surface area contributed by atoms with Crippen LogP contribution in [-0.4, -0.2) is 11.2 Å². The molecule has 1 N–H and O–H groups in total. The zero-order valence-corrected chi connectivity index (χ0v) is 12.3. The summed E-state index contributed by atoms with van der Waals surface area (Å²) in [6, 6.07) is 12.9. The lowest BCUT2D eigenvalue weighted by molar-refractivity contribution is 0.174. The molecule has 3 heteroatoms. The Morgan fingerprint density at radius 2 is 1.79 bits per heavy atom. The van der Waals surface area contributed by atoms with Crippen LogP contribution in [0, 0.1) is 12.7 Å². The van der Waals surface area contributed by atoms with Crippen molar-refractivity contribution in [3.8, 4) is 0 Å². The monoisotopic (exact) mass is 322 g/mol. The van der Waals surface area contributed by atoms with E-state index in [1.54, 1.807) is 12.1 Å². The number of aryl methyl sites for hydroxylation is 1. The van der Waals surface area contributed by atoms with Crippen molar-refractivity contribution in [3.63, 3.8) is 0 Å². The largest absolute Gasteiger partial charge is 0.392 e. The summed E-state index contributed by atoms with van der Waals surface area (Å²) in [7, 11) is 0. The SMILES string of the molecule is Cc1ccc(CC(O)Cc2ccc(Br)cc2F)cc1. The van der Waals surface area contributed by atoms with E-state index >= 15 is 0 Å². The second-order valence-electron chi connectivity index (χ2n) is 4.78. The smallest absolute Gasteiger partial charge is 0.127 e. The van der Waals surface area contributed by atoms with Crippen LogP contribution in [0.15, 0.2) is 46.9 Å². The van der Waals surface area contributed by atoms with Crippen molar-refractivity contribution in [1.29, 1.82) is 0 Å². The molecule has 0 aliphatic heterocycles. The molecule has 2 rings (SSSR count). The van der Waals surface area contributed by atoms with Crippen molar-refractivity contribution in [1.82, 2.24) is 0 Å². The number of rotatable bonds is 4. The molecule has 0 aliphatic rings. The van der Waals surface area contributed by atoms with E-state index in [1.807, 2.05) is 31.2 Å². The molecule has 0 aromatic heterocycles. The zero-order chi connectivity index (χ0) is 13.8. The molecule has 2 aromatic carbocycles. The molecule has 1 nitrogen and oxygen atoms in total. The fourth-order valence-corrected chi connectivity index (χ4v) is 2.34. The van der Waals surface area contributed by atoms with Gasteiger partial charge in [-0.3, -0.25) is 0 Å². The van der Waals surface area contributed by atoms with E-state index in [2.05, 4.69) is 15.9 Å². The van der Waals surface area contributed by atoms with Crippen molar-refractivity contribution in [3.05, 3.63) is 69.4 Å². The standard InChI is InChI=1S/C16H16BrFO/c1-11-2-4-12(5-3-11)8-15(19)9-13-6-7-14(17)10-16(13)18/h2-7,10,15,19H,8-9H2,1H3. The van der Waals surface area contributed by atoms with Gasteiger partial charge in [-0.25, -0.2) is 4.39 Å². The third-order valence-corrected chi connectivity index (χ3v) is 3.56. The van der Waals surface area contributed by atoms with Crippen LogP contribution in [0.2, 0.25) is 0 Å². The van der Waals surface area contributed by atoms with Gasteiger partial charge in [0.15, 0.2) is 0 Å². The van der Waals surface area contributed by atoms with Gasteiger partial charge in [-0.2, -0.15) is 0 Å². The van der Waals surface area contributed by atoms with Gasteiger partial charge in [0.05, 0.1) is 6.10 Å². The first-order chi connectivity index (χ1) is 9.04. The van der Waals surface area contributed by atoms with Crippen LogP contribution < -0.4 is 0 Å². The minimum atomic E-state index is -0.571. The molecule has 0 radical (unpaired) electrons. The highest BCUT2D eigenvalue weighted by molar-refractivity contribution is 9.10. The third-order valence-electron chi connectivity index (χ3n) is 3.06. The molecule has 0 fully saturated rings. The number of hydrogen-bond acceptors (Lipinski definition) is 1. The van der Waals surface area contributed by atoms with Crippen molar-refractivity contribution in [2.45, 2.75) is 25.9 Å². The first kappa shape index (κ1) is 14.2. The normalized spacial score (nSPS) is 12.4. The van der Waals surface area contributed by atoms with E-state index in [1.165, 1.54) is 11.6 Å². The lowest BCUT2D eigenvalue weighted by atomic mass is 10.0. The Morgan fingerprint density at radius 3 is 2.42 bits per heavy atom. The van der Waals surface area contributed by atoms with Crippen LogP contribution in [0.3, 0.4) is 0 Å². The Kier molecular flexibility index (Phi) is 4.72. The summed E-state index contributed by atoms with van der Waals surface area (Å²) >= 11 is 3.22. The minimum Gasteiger partial charge on any atom is -0.392 e. The highest BCUT2D eigenvalue weighted by Gasteiger charge is 2.10. The molecule has 100 valence electrons. The quantitative estimate of drug-likeness (QED) is 0.900. The molecule has 0 spiro atoms. The Morgan fingerprint density at radius 1 is 1.11 bits per heavy atom. The van der Waals surface area contributed by atoms with Crippen LogP contribution in [0.5, 0.6) is 0 Å². The Balaban J connectivity index is 2.01. The van der Waals surface area contributed by atoms with Gasteiger partial charge in [0.2, 0.25) is 0 Å². The van der Waals surface area contributed by atoms with E-state index < -0.39 is 6.10 Å². The summed E-state index contributed by atoms with van der Waals surface area (Å²) in [4.78, 5) is 0. The van der Waals surface area contributed by atoms with Gasteiger partial charge in [0, 0.05) is 10.9 Å². The fraction of sp³-hybridized carbons (Fsp3) is 0.250. The van der Waals surface area contributed by atoms with E-state index in [9.17, 15) is 9.50 Å². The lowest BCUT2D eigenvalue weighted by Crippen LogP contribution is -2.14. The fourth-order valence-electron chi connectivity index (χ4n) is 2.01. The molecular formula is C16H16BrFO. The van der Waals surface area contributed by atoms with Crippen LogP contribution in [0.1, 0.15) is 16.7 Å². The predicted octanol–water partition coefficient (Wildman–Crippen LogP) is 4.04. The summed E-state index contributed by atoms with van der Waals surface area (Å²) in [6.45, 7) is 2.03. The third kappa shape index (κ3) is 4.15. The average molecular weight is 323 g/mol. The first-order valence-electron chi connectivity index (χ1n) is 6.22. The van der Waals surface area contributed by atoms with Crippen LogP contribution in [0.25, 0.3) is 0 Å². The second-order valence-corrected chi connectivity index (χ2v) is 5.70. The molecule has 0 saturated heterocycles. The number of aliphatic hydroxyl groups excluding tert-OH is 1. The molecule has 1 atom stereocenters. The molecule has 0 heterocycles. The molecule has 19 heavy (non-hydrogen) atoms. The second kappa shape index (κ2) is 6.31. The topological polar surface area (TPSA) is 20.2 Å². The van der Waals surface area contributed by atoms with Crippen molar-refractivity contribution < 1.29 is 9.50 Å². The first-order valence-corrected chi connectivity index (χ1v) is 7.01. The molecule has 0 saturated carbocycles. The molecule has 0 bridgehead atoms. The van der Waals surface area contributed by atoms with Gasteiger partial charge in [0.25, 0.3) is 0 Å². The lowest BCUT2D eigenvalue weighted by Gasteiger charge is -2.12. The van der Waals surface area contributed by atoms with Gasteiger partial charge in [-0.15, -0.1) is 0 Å². The molecular weight excluding hydrogens is 307 g/mol. The van der Waals surface area contributed by atoms with E-state index in [0.717, 1.165) is 5.56 Å². The molecule has 0 amide bonds. The summed E-state index contributed by atoms with van der Waals surface area (Å²) in [5, 5.41) is 10.0. The van der Waals surface area contributed by atoms with E-state index in [0.29, 0.717) is 22.9 Å². The number of halogens is 2. The van der Waals surface area contributed by atoms with Crippen molar-refractivity contribution in [2.24, 2.45) is 0 Å². The van der Waals surface area contributed by atoms with Gasteiger partial charge in [0.1, 0.15) is 5.82 Å². The Hall–Kier alpha value is -1.19. The predicted molar refractivity (Wildman–Crippen MR) is 78.7 cm³/mol. The van der Waals surface area contributed by atoms with E-state index in [-0.39, 0.29) is 5.82 Å². The van der Waals surface area contributed by atoms with Crippen LogP contribution in [-0.2, 0) is 12.8 Å². The number of hydrogen-bond donors (Lipinski definition) is 1. The maximum atomic E-state index is 13.7. The zero-order valence-electron chi connectivity index (χ0n) is 10.7. The summed E-state index contributed by atoms with van der Waals surface area (Å²) < 4.78 is 14.4. The van der Waals surface area contributed by atoms with Crippen molar-refractivity contribution in [2.75, 3.05) is 0 Å². The van der Waals surface area contributed by atoms with Gasteiger partial charge >= 0.3 is 0 Å². The average Bonchev–Trinajstić information content (AvgIpc) is 2.36. The summed E-state index contributed by atoms with van der Waals surface area (Å²) in [5.74, 6) is -0.280. The Labute approximate surface area is 121 Å². The minimum absolute atomic E-state index is 0.280. The van der Waals surface area contributed by atoms with Crippen molar-refractivity contribution >= 4 is 15.9 Å². The molecule has 2 aromatic rings. The molecule has 0 aliphatic carbocycles.